The second-order valence-electron chi connectivity index (χ2n) is 3.77. The normalized spacial score (nSPS) is 10.6. The van der Waals surface area contributed by atoms with Crippen LogP contribution in [0.1, 0.15) is 0 Å². The molecule has 0 amide bonds. The lowest BCUT2D eigenvalue weighted by atomic mass is 10.3. The van der Waals surface area contributed by atoms with E-state index in [4.69, 9.17) is 0 Å². The molecule has 0 bridgehead atoms. The third-order valence-electron chi connectivity index (χ3n) is 2.62. The minimum atomic E-state index is 0.698. The van der Waals surface area contributed by atoms with Gasteiger partial charge in [0.15, 0.2) is 11.0 Å². The number of nitrogens with zero attached hydrogens (tertiary/aromatic N) is 5. The molecule has 0 fully saturated rings. The molecular weight excluding hydrogens is 258 g/mol. The lowest BCUT2D eigenvalue weighted by molar-refractivity contribution is 0.887. The molecule has 3 rings (SSSR count). The fourth-order valence-electron chi connectivity index (χ4n) is 1.79. The summed E-state index contributed by atoms with van der Waals surface area (Å²) in [5, 5.41) is 9.24. The van der Waals surface area contributed by atoms with Gasteiger partial charge in [0.05, 0.1) is 6.20 Å². The van der Waals surface area contributed by atoms with Crippen LogP contribution in [-0.2, 0) is 0 Å². The molecule has 0 saturated carbocycles. The second-order valence-corrected chi connectivity index (χ2v) is 4.55. The van der Waals surface area contributed by atoms with Crippen LogP contribution in [0.4, 0.5) is 0 Å². The average molecular weight is 269 g/mol. The van der Waals surface area contributed by atoms with E-state index in [2.05, 4.69) is 20.2 Å². The first-order valence-corrected chi connectivity index (χ1v) is 6.94. The molecule has 0 unspecified atom stereocenters. The third-order valence-corrected chi connectivity index (χ3v) is 3.25. The van der Waals surface area contributed by atoms with Gasteiger partial charge in [0.1, 0.15) is 5.69 Å². The van der Waals surface area contributed by atoms with Crippen molar-refractivity contribution in [1.29, 1.82) is 0 Å². The Morgan fingerprint density at radius 3 is 2.58 bits per heavy atom. The molecule has 5 nitrogen and oxygen atoms in total. The van der Waals surface area contributed by atoms with E-state index in [-0.39, 0.29) is 0 Å². The molecular formula is C13H11N5S. The van der Waals surface area contributed by atoms with Crippen molar-refractivity contribution in [1.82, 2.24) is 24.7 Å². The summed E-state index contributed by atoms with van der Waals surface area (Å²) < 4.78 is 1.98. The number of rotatable bonds is 3. The van der Waals surface area contributed by atoms with Crippen LogP contribution in [0.15, 0.2) is 54.1 Å². The standard InChI is InChI=1S/C13H11N5S/c1-19-13-17-16-12(11-9-14-7-8-15-11)18(13)10-5-3-2-4-6-10/h2-9H,1H3. The van der Waals surface area contributed by atoms with E-state index >= 15 is 0 Å². The second kappa shape index (κ2) is 5.19. The summed E-state index contributed by atoms with van der Waals surface area (Å²) in [5.74, 6) is 0.698. The van der Waals surface area contributed by atoms with Crippen LogP contribution in [0.5, 0.6) is 0 Å². The maximum absolute atomic E-state index is 4.29. The molecule has 1 aromatic carbocycles. The van der Waals surface area contributed by atoms with Crippen LogP contribution in [0.2, 0.25) is 0 Å². The Balaban J connectivity index is 2.20. The summed E-state index contributed by atoms with van der Waals surface area (Å²) in [5.41, 5.74) is 1.72. The Labute approximate surface area is 114 Å². The fourth-order valence-corrected chi connectivity index (χ4v) is 2.29. The van der Waals surface area contributed by atoms with Gasteiger partial charge in [0.25, 0.3) is 0 Å². The monoisotopic (exact) mass is 269 g/mol. The lowest BCUT2D eigenvalue weighted by Gasteiger charge is -2.08. The van der Waals surface area contributed by atoms with Gasteiger partial charge < -0.3 is 0 Å². The number of hydrogen-bond acceptors (Lipinski definition) is 5. The molecule has 0 spiro atoms. The quantitative estimate of drug-likeness (QED) is 0.684. The predicted octanol–water partition coefficient (Wildman–Crippen LogP) is 2.45. The van der Waals surface area contributed by atoms with E-state index in [1.807, 2.05) is 41.2 Å². The Kier molecular flexibility index (Phi) is 3.24. The molecule has 19 heavy (non-hydrogen) atoms. The number of aromatic nitrogens is 5. The molecule has 2 heterocycles. The lowest BCUT2D eigenvalue weighted by Crippen LogP contribution is -2.00. The molecule has 0 aliphatic heterocycles. The first kappa shape index (κ1) is 11.9. The molecule has 0 atom stereocenters. The summed E-state index contributed by atoms with van der Waals surface area (Å²) in [6.07, 6.45) is 6.96. The minimum Gasteiger partial charge on any atom is -0.269 e. The Bertz CT molecular complexity index is 666. The number of benzene rings is 1. The molecule has 0 N–H and O–H groups in total. The molecule has 0 aliphatic rings. The highest BCUT2D eigenvalue weighted by atomic mass is 32.2. The van der Waals surface area contributed by atoms with Crippen molar-refractivity contribution < 1.29 is 0 Å². The highest BCUT2D eigenvalue weighted by Crippen LogP contribution is 2.24. The van der Waals surface area contributed by atoms with Crippen molar-refractivity contribution in [3.8, 4) is 17.2 Å². The molecule has 0 aliphatic carbocycles. The predicted molar refractivity (Wildman–Crippen MR) is 74.2 cm³/mol. The first-order chi connectivity index (χ1) is 9.40. The highest BCUT2D eigenvalue weighted by Gasteiger charge is 2.15. The number of thioether (sulfide) groups is 1. The van der Waals surface area contributed by atoms with Gasteiger partial charge in [-0.1, -0.05) is 30.0 Å². The molecule has 3 aromatic rings. The summed E-state index contributed by atoms with van der Waals surface area (Å²) in [6.45, 7) is 0. The zero-order valence-corrected chi connectivity index (χ0v) is 11.1. The van der Waals surface area contributed by atoms with Crippen LogP contribution >= 0.6 is 11.8 Å². The maximum Gasteiger partial charge on any atom is 0.195 e. The maximum atomic E-state index is 4.29. The van der Waals surface area contributed by atoms with Crippen LogP contribution in [0.25, 0.3) is 17.2 Å². The first-order valence-electron chi connectivity index (χ1n) is 5.71. The van der Waals surface area contributed by atoms with Gasteiger partial charge in [-0.3, -0.25) is 9.55 Å². The average Bonchev–Trinajstić information content (AvgIpc) is 2.93. The highest BCUT2D eigenvalue weighted by molar-refractivity contribution is 7.98. The van der Waals surface area contributed by atoms with Gasteiger partial charge in [0.2, 0.25) is 0 Å². The van der Waals surface area contributed by atoms with Crippen molar-refractivity contribution >= 4 is 11.8 Å². The third kappa shape index (κ3) is 2.22. The van der Waals surface area contributed by atoms with E-state index in [0.29, 0.717) is 11.5 Å². The van der Waals surface area contributed by atoms with Crippen LogP contribution in [0.3, 0.4) is 0 Å². The van der Waals surface area contributed by atoms with E-state index in [0.717, 1.165) is 10.8 Å². The smallest absolute Gasteiger partial charge is 0.195 e. The number of para-hydroxylation sites is 1. The van der Waals surface area contributed by atoms with Crippen LogP contribution in [-0.4, -0.2) is 31.0 Å². The summed E-state index contributed by atoms with van der Waals surface area (Å²) in [4.78, 5) is 8.37. The zero-order valence-electron chi connectivity index (χ0n) is 10.3. The fraction of sp³-hybridized carbons (Fsp3) is 0.0769. The van der Waals surface area contributed by atoms with E-state index < -0.39 is 0 Å². The Hall–Kier alpha value is -2.21. The van der Waals surface area contributed by atoms with Crippen molar-refractivity contribution in [3.63, 3.8) is 0 Å². The topological polar surface area (TPSA) is 56.5 Å². The molecule has 6 heteroatoms. The van der Waals surface area contributed by atoms with Crippen molar-refractivity contribution in [2.24, 2.45) is 0 Å². The summed E-state index contributed by atoms with van der Waals surface area (Å²) in [7, 11) is 0. The van der Waals surface area contributed by atoms with Gasteiger partial charge in [-0.15, -0.1) is 10.2 Å². The van der Waals surface area contributed by atoms with E-state index in [1.165, 1.54) is 0 Å². The van der Waals surface area contributed by atoms with Crippen molar-refractivity contribution in [3.05, 3.63) is 48.9 Å². The molecule has 2 aromatic heterocycles. The van der Waals surface area contributed by atoms with Crippen LogP contribution < -0.4 is 0 Å². The van der Waals surface area contributed by atoms with Gasteiger partial charge in [-0.2, -0.15) is 0 Å². The zero-order chi connectivity index (χ0) is 13.1. The summed E-state index contributed by atoms with van der Waals surface area (Å²) in [6, 6.07) is 9.99. The van der Waals surface area contributed by atoms with E-state index in [9.17, 15) is 0 Å². The van der Waals surface area contributed by atoms with Gasteiger partial charge in [-0.05, 0) is 18.4 Å². The molecule has 0 saturated heterocycles. The Morgan fingerprint density at radius 2 is 1.89 bits per heavy atom. The van der Waals surface area contributed by atoms with Crippen LogP contribution in [0, 0.1) is 0 Å². The van der Waals surface area contributed by atoms with E-state index in [1.54, 1.807) is 30.4 Å². The largest absolute Gasteiger partial charge is 0.269 e. The van der Waals surface area contributed by atoms with Gasteiger partial charge in [-0.25, -0.2) is 4.98 Å². The minimum absolute atomic E-state index is 0.698. The summed E-state index contributed by atoms with van der Waals surface area (Å²) >= 11 is 1.55. The molecule has 0 radical (unpaired) electrons. The number of hydrogen-bond donors (Lipinski definition) is 0. The van der Waals surface area contributed by atoms with Gasteiger partial charge in [0, 0.05) is 18.1 Å². The van der Waals surface area contributed by atoms with Gasteiger partial charge >= 0.3 is 0 Å². The Morgan fingerprint density at radius 1 is 1.05 bits per heavy atom. The SMILES string of the molecule is CSc1nnc(-c2cnccn2)n1-c1ccccc1. The molecule has 94 valence electrons. The van der Waals surface area contributed by atoms with Crippen molar-refractivity contribution in [2.75, 3.05) is 6.26 Å². The van der Waals surface area contributed by atoms with Crippen molar-refractivity contribution in [2.45, 2.75) is 5.16 Å².